The SMILES string of the molecule is Nc1nc(C(=O)NCc2ccc(F)cc2F)cs1. The Labute approximate surface area is 105 Å². The number of carbonyl (C=O) groups is 1. The average Bonchev–Trinajstić information content (AvgIpc) is 2.74. The monoisotopic (exact) mass is 269 g/mol. The van der Waals surface area contributed by atoms with E-state index < -0.39 is 17.5 Å². The standard InChI is InChI=1S/C11H9F2N3OS/c12-7-2-1-6(8(13)3-7)4-15-10(17)9-5-18-11(14)16-9/h1-3,5H,4H2,(H2,14,16)(H,15,17). The number of benzene rings is 1. The van der Waals surface area contributed by atoms with Crippen molar-refractivity contribution in [2.45, 2.75) is 6.54 Å². The first kappa shape index (κ1) is 12.4. The van der Waals surface area contributed by atoms with Crippen molar-refractivity contribution >= 4 is 22.4 Å². The Morgan fingerprint density at radius 3 is 2.83 bits per heavy atom. The van der Waals surface area contributed by atoms with E-state index in [0.29, 0.717) is 0 Å². The molecule has 0 fully saturated rings. The number of nitrogens with one attached hydrogen (secondary N) is 1. The van der Waals surface area contributed by atoms with Gasteiger partial charge in [0.1, 0.15) is 17.3 Å². The third-order valence-corrected chi connectivity index (χ3v) is 2.88. The largest absolute Gasteiger partial charge is 0.375 e. The van der Waals surface area contributed by atoms with Crippen LogP contribution in [0.2, 0.25) is 0 Å². The Morgan fingerprint density at radius 2 is 2.22 bits per heavy atom. The highest BCUT2D eigenvalue weighted by Gasteiger charge is 2.10. The fourth-order valence-corrected chi connectivity index (χ4v) is 1.87. The fraction of sp³-hybridized carbons (Fsp3) is 0.0909. The maximum absolute atomic E-state index is 13.3. The van der Waals surface area contributed by atoms with Crippen molar-refractivity contribution in [3.8, 4) is 0 Å². The lowest BCUT2D eigenvalue weighted by Crippen LogP contribution is -2.23. The predicted molar refractivity (Wildman–Crippen MR) is 64.1 cm³/mol. The molecule has 3 N–H and O–H groups in total. The van der Waals surface area contributed by atoms with E-state index in [-0.39, 0.29) is 22.9 Å². The first-order chi connectivity index (χ1) is 8.56. The molecule has 0 atom stereocenters. The van der Waals surface area contributed by atoms with Crippen LogP contribution in [0.5, 0.6) is 0 Å². The van der Waals surface area contributed by atoms with E-state index in [9.17, 15) is 13.6 Å². The molecule has 0 bridgehead atoms. The molecule has 1 aromatic heterocycles. The Morgan fingerprint density at radius 1 is 1.44 bits per heavy atom. The molecule has 0 radical (unpaired) electrons. The van der Waals surface area contributed by atoms with Gasteiger partial charge in [-0.05, 0) is 6.07 Å². The van der Waals surface area contributed by atoms with Crippen LogP contribution in [0.4, 0.5) is 13.9 Å². The van der Waals surface area contributed by atoms with Gasteiger partial charge in [-0.15, -0.1) is 11.3 Å². The Hall–Kier alpha value is -2.02. The van der Waals surface area contributed by atoms with E-state index in [1.807, 2.05) is 0 Å². The van der Waals surface area contributed by atoms with Crippen molar-refractivity contribution in [1.82, 2.24) is 10.3 Å². The van der Waals surface area contributed by atoms with Crippen LogP contribution in [-0.4, -0.2) is 10.9 Å². The van der Waals surface area contributed by atoms with E-state index in [2.05, 4.69) is 10.3 Å². The van der Waals surface area contributed by atoms with Gasteiger partial charge in [0.25, 0.3) is 5.91 Å². The van der Waals surface area contributed by atoms with Gasteiger partial charge in [0.05, 0.1) is 0 Å². The van der Waals surface area contributed by atoms with Gasteiger partial charge in [-0.25, -0.2) is 13.8 Å². The third kappa shape index (κ3) is 2.80. The molecule has 94 valence electrons. The summed E-state index contributed by atoms with van der Waals surface area (Å²) in [5, 5.41) is 4.27. The zero-order valence-electron chi connectivity index (χ0n) is 9.11. The third-order valence-electron chi connectivity index (χ3n) is 2.21. The maximum atomic E-state index is 13.3. The minimum Gasteiger partial charge on any atom is -0.375 e. The van der Waals surface area contributed by atoms with E-state index >= 15 is 0 Å². The zero-order valence-corrected chi connectivity index (χ0v) is 9.93. The predicted octanol–water partition coefficient (Wildman–Crippen LogP) is 1.93. The molecule has 1 heterocycles. The van der Waals surface area contributed by atoms with Gasteiger partial charge < -0.3 is 11.1 Å². The molecule has 2 rings (SSSR count). The van der Waals surface area contributed by atoms with Crippen LogP contribution >= 0.6 is 11.3 Å². The van der Waals surface area contributed by atoms with Gasteiger partial charge in [-0.3, -0.25) is 4.79 Å². The van der Waals surface area contributed by atoms with Crippen LogP contribution in [0.3, 0.4) is 0 Å². The van der Waals surface area contributed by atoms with Crippen LogP contribution in [0.25, 0.3) is 0 Å². The van der Waals surface area contributed by atoms with Crippen molar-refractivity contribution in [2.75, 3.05) is 5.73 Å². The lowest BCUT2D eigenvalue weighted by Gasteiger charge is -2.04. The summed E-state index contributed by atoms with van der Waals surface area (Å²) in [6.45, 7) is -0.0393. The van der Waals surface area contributed by atoms with Crippen molar-refractivity contribution in [3.05, 3.63) is 46.5 Å². The molecule has 0 aliphatic carbocycles. The number of aromatic nitrogens is 1. The van der Waals surface area contributed by atoms with E-state index in [1.54, 1.807) is 0 Å². The number of anilines is 1. The highest BCUT2D eigenvalue weighted by Crippen LogP contribution is 2.12. The number of nitrogens with two attached hydrogens (primary N) is 1. The van der Waals surface area contributed by atoms with Gasteiger partial charge in [-0.1, -0.05) is 6.07 Å². The second-order valence-electron chi connectivity index (χ2n) is 3.49. The summed E-state index contributed by atoms with van der Waals surface area (Å²) in [4.78, 5) is 15.4. The molecule has 0 saturated carbocycles. The lowest BCUT2D eigenvalue weighted by molar-refractivity contribution is 0.0946. The molecule has 0 unspecified atom stereocenters. The van der Waals surface area contributed by atoms with Gasteiger partial charge >= 0.3 is 0 Å². The summed E-state index contributed by atoms with van der Waals surface area (Å²) in [5.41, 5.74) is 5.77. The van der Waals surface area contributed by atoms with Crippen molar-refractivity contribution < 1.29 is 13.6 Å². The normalized spacial score (nSPS) is 10.3. The summed E-state index contributed by atoms with van der Waals surface area (Å²) in [5.74, 6) is -1.81. The number of carbonyl (C=O) groups excluding carboxylic acids is 1. The summed E-state index contributed by atoms with van der Waals surface area (Å²) in [7, 11) is 0. The minimum absolute atomic E-state index is 0.0393. The number of nitrogens with zero attached hydrogens (tertiary/aromatic N) is 1. The van der Waals surface area contributed by atoms with Crippen molar-refractivity contribution in [3.63, 3.8) is 0 Å². The first-order valence-corrected chi connectivity index (χ1v) is 5.87. The molecule has 18 heavy (non-hydrogen) atoms. The van der Waals surface area contributed by atoms with E-state index in [4.69, 9.17) is 5.73 Å². The molecule has 0 aliphatic heterocycles. The number of hydrogen-bond donors (Lipinski definition) is 2. The van der Waals surface area contributed by atoms with Crippen LogP contribution < -0.4 is 11.1 Å². The number of thiazole rings is 1. The maximum Gasteiger partial charge on any atom is 0.271 e. The highest BCUT2D eigenvalue weighted by molar-refractivity contribution is 7.13. The molecule has 4 nitrogen and oxygen atoms in total. The van der Waals surface area contributed by atoms with Gasteiger partial charge in [0, 0.05) is 23.6 Å². The number of halogens is 2. The highest BCUT2D eigenvalue weighted by atomic mass is 32.1. The Kier molecular flexibility index (Phi) is 3.52. The zero-order chi connectivity index (χ0) is 13.1. The van der Waals surface area contributed by atoms with Crippen molar-refractivity contribution in [2.24, 2.45) is 0 Å². The number of rotatable bonds is 3. The summed E-state index contributed by atoms with van der Waals surface area (Å²) >= 11 is 1.14. The molecule has 1 aromatic carbocycles. The first-order valence-electron chi connectivity index (χ1n) is 4.99. The van der Waals surface area contributed by atoms with E-state index in [0.717, 1.165) is 23.5 Å². The minimum atomic E-state index is -0.701. The second kappa shape index (κ2) is 5.09. The van der Waals surface area contributed by atoms with Crippen LogP contribution in [0.15, 0.2) is 23.6 Å². The summed E-state index contributed by atoms with van der Waals surface area (Å²) in [6.07, 6.45) is 0. The van der Waals surface area contributed by atoms with Crippen LogP contribution in [0.1, 0.15) is 16.1 Å². The smallest absolute Gasteiger partial charge is 0.271 e. The molecular formula is C11H9F2N3OS. The average molecular weight is 269 g/mol. The fourth-order valence-electron chi connectivity index (χ4n) is 1.32. The molecule has 0 spiro atoms. The molecular weight excluding hydrogens is 260 g/mol. The van der Waals surface area contributed by atoms with Gasteiger partial charge in [0.2, 0.25) is 0 Å². The van der Waals surface area contributed by atoms with Gasteiger partial charge in [0.15, 0.2) is 5.13 Å². The number of amides is 1. The quantitative estimate of drug-likeness (QED) is 0.894. The van der Waals surface area contributed by atoms with Crippen LogP contribution in [0, 0.1) is 11.6 Å². The second-order valence-corrected chi connectivity index (χ2v) is 4.38. The molecule has 0 saturated heterocycles. The van der Waals surface area contributed by atoms with Crippen molar-refractivity contribution in [1.29, 1.82) is 0 Å². The number of hydrogen-bond acceptors (Lipinski definition) is 4. The van der Waals surface area contributed by atoms with E-state index in [1.165, 1.54) is 11.4 Å². The Balaban J connectivity index is 2.01. The molecule has 1 amide bonds. The Bertz CT molecular complexity index is 585. The van der Waals surface area contributed by atoms with Gasteiger partial charge in [-0.2, -0.15) is 0 Å². The summed E-state index contributed by atoms with van der Waals surface area (Å²) in [6, 6.07) is 3.17. The summed E-state index contributed by atoms with van der Waals surface area (Å²) < 4.78 is 25.9. The molecule has 0 aliphatic rings. The number of nitrogen functional groups attached to an aromatic ring is 1. The van der Waals surface area contributed by atoms with Crippen LogP contribution in [-0.2, 0) is 6.54 Å². The molecule has 2 aromatic rings. The topological polar surface area (TPSA) is 68.0 Å². The lowest BCUT2D eigenvalue weighted by atomic mass is 10.2. The molecule has 7 heteroatoms.